The van der Waals surface area contributed by atoms with Gasteiger partial charge in [0.2, 0.25) is 0 Å². The summed E-state index contributed by atoms with van der Waals surface area (Å²) in [6.07, 6.45) is 12.7. The van der Waals surface area contributed by atoms with Gasteiger partial charge in [-0.1, -0.05) is 52.9 Å². The Morgan fingerprint density at radius 1 is 1.11 bits per heavy atom. The number of nitrogens with zero attached hydrogens (tertiary/aromatic N) is 1. The quantitative estimate of drug-likeness (QED) is 0.578. The Hall–Kier alpha value is -0.760. The summed E-state index contributed by atoms with van der Waals surface area (Å²) in [5.74, 6) is 0.727. The Bertz CT molecular complexity index is 315. The molecule has 1 aromatic rings. The van der Waals surface area contributed by atoms with Gasteiger partial charge in [-0.3, -0.25) is 0 Å². The maximum Gasteiger partial charge on any atom is 0.0220 e. The molecule has 0 aliphatic rings. The molecule has 0 saturated heterocycles. The first kappa shape index (κ1) is 16.3. The predicted molar refractivity (Wildman–Crippen MR) is 84.4 cm³/mol. The normalized spacial score (nSPS) is 11.4. The second-order valence-corrected chi connectivity index (χ2v) is 6.05. The number of aryl methyl sites for hydroxylation is 1. The van der Waals surface area contributed by atoms with Crippen molar-refractivity contribution in [3.8, 4) is 0 Å². The van der Waals surface area contributed by atoms with Crippen LogP contribution in [-0.2, 0) is 13.1 Å². The van der Waals surface area contributed by atoms with Gasteiger partial charge in [0.1, 0.15) is 0 Å². The predicted octanol–water partition coefficient (Wildman–Crippen LogP) is 4.59. The highest BCUT2D eigenvalue weighted by Gasteiger charge is 1.98. The number of nitrogens with one attached hydrogen (secondary N) is 1. The van der Waals surface area contributed by atoms with Crippen molar-refractivity contribution in [2.75, 3.05) is 6.54 Å². The fraction of sp³-hybridized carbons (Fsp3) is 0.765. The zero-order chi connectivity index (χ0) is 13.9. The lowest BCUT2D eigenvalue weighted by Crippen LogP contribution is -2.18. The van der Waals surface area contributed by atoms with Gasteiger partial charge in [-0.2, -0.15) is 0 Å². The average molecular weight is 264 g/mol. The van der Waals surface area contributed by atoms with Gasteiger partial charge in [-0.15, -0.1) is 0 Å². The number of aromatic nitrogens is 1. The number of hydrogen-bond donors (Lipinski definition) is 1. The van der Waals surface area contributed by atoms with E-state index in [1.54, 1.807) is 0 Å². The highest BCUT2D eigenvalue weighted by Crippen LogP contribution is 2.08. The first-order valence-corrected chi connectivity index (χ1v) is 8.07. The largest absolute Gasteiger partial charge is 0.354 e. The highest BCUT2D eigenvalue weighted by molar-refractivity contribution is 5.09. The molecule has 0 aliphatic heterocycles. The van der Waals surface area contributed by atoms with Crippen LogP contribution in [0.2, 0.25) is 0 Å². The van der Waals surface area contributed by atoms with E-state index < -0.39 is 0 Å². The summed E-state index contributed by atoms with van der Waals surface area (Å²) < 4.78 is 2.34. The molecule has 0 spiro atoms. The summed E-state index contributed by atoms with van der Waals surface area (Å²) >= 11 is 0. The molecule has 0 unspecified atom stereocenters. The number of hydrogen-bond acceptors (Lipinski definition) is 1. The lowest BCUT2D eigenvalue weighted by atomic mass is 10.1. The van der Waals surface area contributed by atoms with Gasteiger partial charge in [0, 0.05) is 25.5 Å². The van der Waals surface area contributed by atoms with E-state index in [0.29, 0.717) is 0 Å². The van der Waals surface area contributed by atoms with Crippen LogP contribution in [0.1, 0.15) is 64.9 Å². The second-order valence-electron chi connectivity index (χ2n) is 6.05. The van der Waals surface area contributed by atoms with Crippen LogP contribution in [0.25, 0.3) is 0 Å². The SMILES string of the molecule is CCCCCCCCn1ccc(CNCC(C)C)c1. The van der Waals surface area contributed by atoms with E-state index in [1.165, 1.54) is 50.6 Å². The molecular formula is C17H32N2. The van der Waals surface area contributed by atoms with Gasteiger partial charge < -0.3 is 9.88 Å². The summed E-state index contributed by atoms with van der Waals surface area (Å²) in [5.41, 5.74) is 1.41. The van der Waals surface area contributed by atoms with Crippen LogP contribution in [0, 0.1) is 5.92 Å². The Kier molecular flexibility index (Phi) is 8.64. The zero-order valence-corrected chi connectivity index (χ0v) is 13.1. The van der Waals surface area contributed by atoms with E-state index in [1.807, 2.05) is 0 Å². The smallest absolute Gasteiger partial charge is 0.0220 e. The molecule has 1 N–H and O–H groups in total. The lowest BCUT2D eigenvalue weighted by Gasteiger charge is -2.06. The first-order chi connectivity index (χ1) is 9.22. The molecule has 0 atom stereocenters. The summed E-state index contributed by atoms with van der Waals surface area (Å²) in [7, 11) is 0. The Morgan fingerprint density at radius 3 is 2.58 bits per heavy atom. The van der Waals surface area contributed by atoms with Gasteiger partial charge in [0.15, 0.2) is 0 Å². The maximum atomic E-state index is 3.49. The van der Waals surface area contributed by atoms with Gasteiger partial charge in [0.05, 0.1) is 0 Å². The van der Waals surface area contributed by atoms with Crippen molar-refractivity contribution in [2.45, 2.75) is 72.4 Å². The van der Waals surface area contributed by atoms with E-state index in [9.17, 15) is 0 Å². The van der Waals surface area contributed by atoms with Crippen molar-refractivity contribution in [1.82, 2.24) is 9.88 Å². The molecule has 2 nitrogen and oxygen atoms in total. The van der Waals surface area contributed by atoms with Crippen LogP contribution < -0.4 is 5.32 Å². The topological polar surface area (TPSA) is 17.0 Å². The Labute approximate surface area is 119 Å². The standard InChI is InChI=1S/C17H32N2/c1-4-5-6-7-8-9-11-19-12-10-17(15-19)14-18-13-16(2)3/h10,12,15-16,18H,4-9,11,13-14H2,1-3H3. The molecule has 110 valence electrons. The molecular weight excluding hydrogens is 232 g/mol. The van der Waals surface area contributed by atoms with E-state index in [0.717, 1.165) is 19.0 Å². The summed E-state index contributed by atoms with van der Waals surface area (Å²) in [5, 5.41) is 3.49. The third-order valence-electron chi connectivity index (χ3n) is 3.46. The van der Waals surface area contributed by atoms with Crippen molar-refractivity contribution in [1.29, 1.82) is 0 Å². The van der Waals surface area contributed by atoms with Crippen LogP contribution in [-0.4, -0.2) is 11.1 Å². The van der Waals surface area contributed by atoms with Crippen molar-refractivity contribution in [2.24, 2.45) is 5.92 Å². The van der Waals surface area contributed by atoms with E-state index in [2.05, 4.69) is 49.1 Å². The molecule has 0 saturated carbocycles. The van der Waals surface area contributed by atoms with E-state index in [-0.39, 0.29) is 0 Å². The third kappa shape index (κ3) is 8.10. The average Bonchev–Trinajstić information content (AvgIpc) is 2.81. The maximum absolute atomic E-state index is 3.49. The Morgan fingerprint density at radius 2 is 1.84 bits per heavy atom. The van der Waals surface area contributed by atoms with Gasteiger partial charge in [0.25, 0.3) is 0 Å². The summed E-state index contributed by atoms with van der Waals surface area (Å²) in [6, 6.07) is 2.24. The van der Waals surface area contributed by atoms with Crippen LogP contribution in [0.3, 0.4) is 0 Å². The zero-order valence-electron chi connectivity index (χ0n) is 13.1. The highest BCUT2D eigenvalue weighted by atomic mass is 14.9. The molecule has 0 amide bonds. The number of rotatable bonds is 11. The minimum Gasteiger partial charge on any atom is -0.354 e. The minimum atomic E-state index is 0.727. The van der Waals surface area contributed by atoms with Crippen LogP contribution in [0.5, 0.6) is 0 Å². The molecule has 0 bridgehead atoms. The third-order valence-corrected chi connectivity index (χ3v) is 3.46. The molecule has 1 aromatic heterocycles. The molecule has 0 radical (unpaired) electrons. The second kappa shape index (κ2) is 10.1. The lowest BCUT2D eigenvalue weighted by molar-refractivity contribution is 0.548. The van der Waals surface area contributed by atoms with E-state index >= 15 is 0 Å². The minimum absolute atomic E-state index is 0.727. The summed E-state index contributed by atoms with van der Waals surface area (Å²) in [4.78, 5) is 0. The fourth-order valence-corrected chi connectivity index (χ4v) is 2.31. The molecule has 0 fully saturated rings. The van der Waals surface area contributed by atoms with Gasteiger partial charge in [-0.25, -0.2) is 0 Å². The van der Waals surface area contributed by atoms with Crippen molar-refractivity contribution >= 4 is 0 Å². The Balaban J connectivity index is 2.09. The molecule has 0 aromatic carbocycles. The molecule has 1 rings (SSSR count). The number of unbranched alkanes of at least 4 members (excludes halogenated alkanes) is 5. The monoisotopic (exact) mass is 264 g/mol. The van der Waals surface area contributed by atoms with Crippen LogP contribution in [0.15, 0.2) is 18.5 Å². The summed E-state index contributed by atoms with van der Waals surface area (Å²) in [6.45, 7) is 10.0. The molecule has 2 heteroatoms. The van der Waals surface area contributed by atoms with Crippen molar-refractivity contribution < 1.29 is 0 Å². The van der Waals surface area contributed by atoms with Crippen molar-refractivity contribution in [3.63, 3.8) is 0 Å². The van der Waals surface area contributed by atoms with Crippen molar-refractivity contribution in [3.05, 3.63) is 24.0 Å². The van der Waals surface area contributed by atoms with Crippen LogP contribution in [0.4, 0.5) is 0 Å². The van der Waals surface area contributed by atoms with Crippen LogP contribution >= 0.6 is 0 Å². The van der Waals surface area contributed by atoms with E-state index in [4.69, 9.17) is 0 Å². The molecule has 19 heavy (non-hydrogen) atoms. The fourth-order valence-electron chi connectivity index (χ4n) is 2.31. The van der Waals surface area contributed by atoms with Gasteiger partial charge in [-0.05, 0) is 30.5 Å². The molecule has 1 heterocycles. The van der Waals surface area contributed by atoms with Gasteiger partial charge >= 0.3 is 0 Å². The molecule has 0 aliphatic carbocycles. The first-order valence-electron chi connectivity index (χ1n) is 8.07.